The molecular weight excluding hydrogens is 476 g/mol. The van der Waals surface area contributed by atoms with Crippen LogP contribution in [0.25, 0.3) is 11.5 Å². The molecule has 0 spiro atoms. The predicted molar refractivity (Wildman–Crippen MR) is 136 cm³/mol. The van der Waals surface area contributed by atoms with Crippen molar-refractivity contribution < 1.29 is 23.1 Å². The van der Waals surface area contributed by atoms with Gasteiger partial charge in [-0.15, -0.1) is 0 Å². The second-order valence-corrected chi connectivity index (χ2v) is 11.3. The molecule has 2 aromatic carbocycles. The van der Waals surface area contributed by atoms with E-state index in [0.717, 1.165) is 11.1 Å². The maximum absolute atomic E-state index is 14.8. The number of oxazole rings is 1. The van der Waals surface area contributed by atoms with Crippen LogP contribution in [0.4, 0.5) is 8.78 Å². The van der Waals surface area contributed by atoms with E-state index in [2.05, 4.69) is 5.32 Å². The van der Waals surface area contributed by atoms with Crippen LogP contribution in [0.2, 0.25) is 0 Å². The minimum Gasteiger partial charge on any atom is -0.440 e. The summed E-state index contributed by atoms with van der Waals surface area (Å²) in [6.45, 7) is 8.07. The van der Waals surface area contributed by atoms with Crippen molar-refractivity contribution in [2.45, 2.75) is 58.5 Å². The average Bonchev–Trinajstić information content (AvgIpc) is 3.42. The molecule has 6 nitrogen and oxygen atoms in total. The number of piperidine rings is 1. The van der Waals surface area contributed by atoms with E-state index < -0.39 is 47.4 Å². The Morgan fingerprint density at radius 1 is 1.22 bits per heavy atom. The monoisotopic (exact) mass is 509 g/mol. The van der Waals surface area contributed by atoms with Gasteiger partial charge in [0.2, 0.25) is 5.89 Å². The standard InChI is InChI=1S/C29H33F2N3O3/c1-16-10-11-18(30)13-19(16)27-33-24(22(37-27)12-17-8-6-5-7-9-17)26(29(2,3)4)34-15-20-21(31)14-32-23(20)25(35)28(34)36/h5-11,13,20-21,23,25-26,32,35H,12,14-15H2,1-4H3/t20-,21-,23?,25-,26+/m0/s1. The Labute approximate surface area is 215 Å². The van der Waals surface area contributed by atoms with Gasteiger partial charge in [0.15, 0.2) is 0 Å². The molecule has 0 saturated carbocycles. The van der Waals surface area contributed by atoms with Crippen LogP contribution in [-0.4, -0.2) is 52.3 Å². The molecule has 2 saturated heterocycles. The lowest BCUT2D eigenvalue weighted by Crippen LogP contribution is -2.60. The summed E-state index contributed by atoms with van der Waals surface area (Å²) in [6.07, 6.45) is -2.10. The number of halogens is 2. The molecule has 1 amide bonds. The molecule has 1 unspecified atom stereocenters. The van der Waals surface area contributed by atoms with Crippen molar-refractivity contribution in [2.75, 3.05) is 13.1 Å². The van der Waals surface area contributed by atoms with E-state index in [-0.39, 0.29) is 19.0 Å². The second kappa shape index (κ2) is 9.65. The molecule has 5 rings (SSSR count). The normalized spacial score (nSPS) is 24.8. The number of carbonyl (C=O) groups is 1. The van der Waals surface area contributed by atoms with Crippen LogP contribution in [0.1, 0.15) is 49.4 Å². The molecule has 2 N–H and O–H groups in total. The number of hydrogen-bond donors (Lipinski definition) is 2. The SMILES string of the molecule is Cc1ccc(F)cc1-c1nc([C@@H](N2C[C@@H]3C(NC[C@@H]3F)[C@H](O)C2=O)C(C)(C)C)c(Cc2ccccc2)o1. The molecule has 2 aliphatic heterocycles. The van der Waals surface area contributed by atoms with Gasteiger partial charge in [-0.1, -0.05) is 57.2 Å². The van der Waals surface area contributed by atoms with E-state index in [1.165, 1.54) is 12.1 Å². The summed E-state index contributed by atoms with van der Waals surface area (Å²) in [7, 11) is 0. The lowest BCUT2D eigenvalue weighted by atomic mass is 9.79. The quantitative estimate of drug-likeness (QED) is 0.526. The number of carbonyl (C=O) groups excluding carboxylic acids is 1. The highest BCUT2D eigenvalue weighted by Crippen LogP contribution is 2.44. The molecule has 196 valence electrons. The number of aliphatic hydroxyl groups is 1. The van der Waals surface area contributed by atoms with Crippen LogP contribution in [0, 0.1) is 24.1 Å². The lowest BCUT2D eigenvalue weighted by molar-refractivity contribution is -0.155. The number of aryl methyl sites for hydroxylation is 1. The lowest BCUT2D eigenvalue weighted by Gasteiger charge is -2.46. The van der Waals surface area contributed by atoms with E-state index in [1.807, 2.05) is 58.0 Å². The maximum Gasteiger partial charge on any atom is 0.253 e. The van der Waals surface area contributed by atoms with Crippen LogP contribution in [0.3, 0.4) is 0 Å². The fourth-order valence-electron chi connectivity index (χ4n) is 5.67. The average molecular weight is 510 g/mol. The minimum absolute atomic E-state index is 0.111. The predicted octanol–water partition coefficient (Wildman–Crippen LogP) is 4.60. The number of aromatic nitrogens is 1. The number of hydrogen-bond acceptors (Lipinski definition) is 5. The Bertz CT molecular complexity index is 1290. The van der Waals surface area contributed by atoms with Crippen molar-refractivity contribution >= 4 is 5.91 Å². The van der Waals surface area contributed by atoms with Crippen molar-refractivity contribution in [2.24, 2.45) is 11.3 Å². The van der Waals surface area contributed by atoms with Gasteiger partial charge in [-0.05, 0) is 35.6 Å². The van der Waals surface area contributed by atoms with E-state index in [4.69, 9.17) is 9.40 Å². The van der Waals surface area contributed by atoms with Gasteiger partial charge in [-0.2, -0.15) is 0 Å². The van der Waals surface area contributed by atoms with Gasteiger partial charge in [-0.3, -0.25) is 4.79 Å². The number of aliphatic hydroxyl groups excluding tert-OH is 1. The molecule has 37 heavy (non-hydrogen) atoms. The highest BCUT2D eigenvalue weighted by Gasteiger charge is 2.52. The highest BCUT2D eigenvalue weighted by atomic mass is 19.1. The van der Waals surface area contributed by atoms with E-state index in [1.54, 1.807) is 11.0 Å². The summed E-state index contributed by atoms with van der Waals surface area (Å²) >= 11 is 0. The Morgan fingerprint density at radius 2 is 1.95 bits per heavy atom. The maximum atomic E-state index is 14.8. The Hall–Kier alpha value is -3.10. The van der Waals surface area contributed by atoms with Gasteiger partial charge in [-0.25, -0.2) is 13.8 Å². The third kappa shape index (κ3) is 4.80. The molecular formula is C29H33F2N3O3. The molecule has 1 aromatic heterocycles. The number of nitrogens with zero attached hydrogens (tertiary/aromatic N) is 2. The molecule has 0 bridgehead atoms. The van der Waals surface area contributed by atoms with Gasteiger partial charge in [0.1, 0.15) is 29.5 Å². The zero-order chi connectivity index (χ0) is 26.5. The van der Waals surface area contributed by atoms with Crippen LogP contribution < -0.4 is 5.32 Å². The summed E-state index contributed by atoms with van der Waals surface area (Å²) in [5.74, 6) is -0.566. The zero-order valence-electron chi connectivity index (χ0n) is 21.5. The second-order valence-electron chi connectivity index (χ2n) is 11.3. The van der Waals surface area contributed by atoms with Gasteiger partial charge in [0.05, 0.1) is 6.04 Å². The molecule has 2 aliphatic rings. The summed E-state index contributed by atoms with van der Waals surface area (Å²) in [5.41, 5.74) is 2.33. The fourth-order valence-corrected chi connectivity index (χ4v) is 5.67. The number of nitrogens with one attached hydrogen (secondary N) is 1. The molecule has 0 aliphatic carbocycles. The molecule has 3 heterocycles. The zero-order valence-corrected chi connectivity index (χ0v) is 21.5. The molecule has 5 atom stereocenters. The first-order valence-corrected chi connectivity index (χ1v) is 12.7. The Morgan fingerprint density at radius 3 is 2.65 bits per heavy atom. The van der Waals surface area contributed by atoms with Crippen LogP contribution >= 0.6 is 0 Å². The number of rotatable bonds is 5. The molecule has 8 heteroatoms. The van der Waals surface area contributed by atoms with Gasteiger partial charge >= 0.3 is 0 Å². The van der Waals surface area contributed by atoms with Gasteiger partial charge in [0.25, 0.3) is 5.91 Å². The number of fused-ring (bicyclic) bond motifs is 1. The third-order valence-corrected chi connectivity index (χ3v) is 7.51. The van der Waals surface area contributed by atoms with Crippen LogP contribution in [-0.2, 0) is 11.2 Å². The highest BCUT2D eigenvalue weighted by molar-refractivity contribution is 5.83. The number of likely N-dealkylation sites (tertiary alicyclic amines) is 1. The van der Waals surface area contributed by atoms with E-state index >= 15 is 0 Å². The van der Waals surface area contributed by atoms with Crippen molar-refractivity contribution in [3.8, 4) is 11.5 Å². The summed E-state index contributed by atoms with van der Waals surface area (Å²) in [5, 5.41) is 13.8. The molecule has 0 radical (unpaired) electrons. The summed E-state index contributed by atoms with van der Waals surface area (Å²) in [6, 6.07) is 13.0. The third-order valence-electron chi connectivity index (χ3n) is 7.51. The van der Waals surface area contributed by atoms with Crippen LogP contribution in [0.15, 0.2) is 52.9 Å². The van der Waals surface area contributed by atoms with Gasteiger partial charge in [0, 0.05) is 37.0 Å². The van der Waals surface area contributed by atoms with Crippen LogP contribution in [0.5, 0.6) is 0 Å². The fraction of sp³-hybridized carbons (Fsp3) is 0.448. The first-order chi connectivity index (χ1) is 17.5. The van der Waals surface area contributed by atoms with Crippen molar-refractivity contribution in [3.63, 3.8) is 0 Å². The van der Waals surface area contributed by atoms with E-state index in [0.29, 0.717) is 23.4 Å². The summed E-state index contributed by atoms with van der Waals surface area (Å²) < 4.78 is 35.3. The Kier molecular flexibility index (Phi) is 6.66. The number of amides is 1. The van der Waals surface area contributed by atoms with Crippen molar-refractivity contribution in [1.29, 1.82) is 0 Å². The van der Waals surface area contributed by atoms with Crippen molar-refractivity contribution in [1.82, 2.24) is 15.2 Å². The number of benzene rings is 2. The minimum atomic E-state index is -1.35. The molecule has 2 fully saturated rings. The largest absolute Gasteiger partial charge is 0.440 e. The number of alkyl halides is 1. The molecule has 3 aromatic rings. The Balaban J connectivity index is 1.64. The van der Waals surface area contributed by atoms with E-state index in [9.17, 15) is 18.7 Å². The first kappa shape index (κ1) is 25.5. The van der Waals surface area contributed by atoms with Crippen molar-refractivity contribution in [3.05, 3.63) is 76.9 Å². The van der Waals surface area contributed by atoms with Gasteiger partial charge < -0.3 is 19.7 Å². The summed E-state index contributed by atoms with van der Waals surface area (Å²) in [4.78, 5) is 19.9. The topological polar surface area (TPSA) is 78.6 Å². The first-order valence-electron chi connectivity index (χ1n) is 12.7. The smallest absolute Gasteiger partial charge is 0.253 e.